The minimum atomic E-state index is -0.00691. The summed E-state index contributed by atoms with van der Waals surface area (Å²) < 4.78 is 5.76. The Balaban J connectivity index is 0.00000169. The fourth-order valence-corrected chi connectivity index (χ4v) is 3.35. The second kappa shape index (κ2) is 9.95. The van der Waals surface area contributed by atoms with E-state index in [9.17, 15) is 4.79 Å². The molecule has 7 heteroatoms. The Labute approximate surface area is 167 Å². The molecule has 0 saturated carbocycles. The summed E-state index contributed by atoms with van der Waals surface area (Å²) >= 11 is 0. The molecule has 1 aliphatic heterocycles. The molecule has 0 spiro atoms. The number of hydrogen-bond acceptors (Lipinski definition) is 4. The normalized spacial score (nSPS) is 17.8. The highest BCUT2D eigenvalue weighted by molar-refractivity contribution is 5.85. The molecule has 0 aliphatic carbocycles. The third kappa shape index (κ3) is 5.00. The lowest BCUT2D eigenvalue weighted by Gasteiger charge is -2.38. The number of aryl methyl sites for hydroxylation is 1. The maximum Gasteiger partial charge on any atom is 0.229 e. The number of carbonyl (C=O) groups is 1. The molecule has 1 aromatic carbocycles. The zero-order valence-electron chi connectivity index (χ0n) is 15.2. The van der Waals surface area contributed by atoms with Gasteiger partial charge in [0.2, 0.25) is 11.8 Å². The molecule has 2 aromatic rings. The first kappa shape index (κ1) is 22.5. The molecule has 0 bridgehead atoms. The molecule has 0 radical (unpaired) electrons. The van der Waals surface area contributed by atoms with Gasteiger partial charge < -0.3 is 15.1 Å². The lowest BCUT2D eigenvalue weighted by Crippen LogP contribution is -2.52. The van der Waals surface area contributed by atoms with Crippen molar-refractivity contribution in [2.24, 2.45) is 5.73 Å². The average molecular weight is 400 g/mol. The summed E-state index contributed by atoms with van der Waals surface area (Å²) in [6.07, 6.45) is 3.43. The predicted octanol–water partition coefficient (Wildman–Crippen LogP) is 3.76. The van der Waals surface area contributed by atoms with Gasteiger partial charge in [0.15, 0.2) is 0 Å². The van der Waals surface area contributed by atoms with E-state index >= 15 is 0 Å². The Morgan fingerprint density at radius 1 is 1.31 bits per heavy atom. The van der Waals surface area contributed by atoms with E-state index in [0.717, 1.165) is 31.4 Å². The number of hydrogen-bond donors (Lipinski definition) is 1. The van der Waals surface area contributed by atoms with Gasteiger partial charge in [-0.25, -0.2) is 4.98 Å². The number of oxazole rings is 1. The first-order valence-corrected chi connectivity index (χ1v) is 8.63. The molecule has 5 nitrogen and oxygen atoms in total. The number of benzene rings is 1. The molecule has 2 N–H and O–H groups in total. The lowest BCUT2D eigenvalue weighted by atomic mass is 9.96. The molecule has 1 aromatic heterocycles. The Bertz CT molecular complexity index is 704. The van der Waals surface area contributed by atoms with Crippen LogP contribution < -0.4 is 5.73 Å². The molecule has 1 fully saturated rings. The van der Waals surface area contributed by atoms with Crippen molar-refractivity contribution in [3.8, 4) is 11.5 Å². The van der Waals surface area contributed by atoms with Gasteiger partial charge in [-0.05, 0) is 45.2 Å². The van der Waals surface area contributed by atoms with E-state index in [2.05, 4.69) is 4.98 Å². The number of rotatable bonds is 4. The molecule has 1 saturated heterocycles. The third-order valence-corrected chi connectivity index (χ3v) is 4.71. The van der Waals surface area contributed by atoms with Gasteiger partial charge in [0.25, 0.3) is 0 Å². The predicted molar refractivity (Wildman–Crippen MR) is 108 cm³/mol. The zero-order valence-corrected chi connectivity index (χ0v) is 16.8. The highest BCUT2D eigenvalue weighted by Crippen LogP contribution is 2.24. The van der Waals surface area contributed by atoms with Crippen molar-refractivity contribution in [2.45, 2.75) is 51.6 Å². The Morgan fingerprint density at radius 3 is 2.65 bits per heavy atom. The smallest absolute Gasteiger partial charge is 0.229 e. The fourth-order valence-electron chi connectivity index (χ4n) is 3.35. The zero-order chi connectivity index (χ0) is 17.1. The van der Waals surface area contributed by atoms with Gasteiger partial charge in [-0.3, -0.25) is 4.79 Å². The Hall–Kier alpha value is -1.56. The van der Waals surface area contributed by atoms with Crippen LogP contribution in [0.5, 0.6) is 0 Å². The number of likely N-dealkylation sites (tertiary alicyclic amines) is 1. The molecule has 2 unspecified atom stereocenters. The summed E-state index contributed by atoms with van der Waals surface area (Å²) in [5.41, 5.74) is 7.71. The molecule has 1 aliphatic rings. The van der Waals surface area contributed by atoms with E-state index in [1.54, 1.807) is 0 Å². The van der Waals surface area contributed by atoms with E-state index < -0.39 is 0 Å². The van der Waals surface area contributed by atoms with Crippen molar-refractivity contribution in [1.82, 2.24) is 9.88 Å². The van der Waals surface area contributed by atoms with Crippen molar-refractivity contribution in [3.05, 3.63) is 41.8 Å². The van der Waals surface area contributed by atoms with Gasteiger partial charge in [-0.2, -0.15) is 0 Å². The molecule has 3 rings (SSSR count). The maximum atomic E-state index is 12.8. The van der Waals surface area contributed by atoms with Crippen LogP contribution in [0.3, 0.4) is 0 Å². The van der Waals surface area contributed by atoms with Crippen molar-refractivity contribution >= 4 is 30.7 Å². The van der Waals surface area contributed by atoms with Gasteiger partial charge in [0, 0.05) is 24.2 Å². The first-order chi connectivity index (χ1) is 11.6. The van der Waals surface area contributed by atoms with Crippen LogP contribution in [0, 0.1) is 6.92 Å². The Kier molecular flexibility index (Phi) is 8.60. The van der Waals surface area contributed by atoms with Gasteiger partial charge >= 0.3 is 0 Å². The topological polar surface area (TPSA) is 72.4 Å². The third-order valence-electron chi connectivity index (χ3n) is 4.71. The molecule has 26 heavy (non-hydrogen) atoms. The van der Waals surface area contributed by atoms with Crippen LogP contribution in [0.25, 0.3) is 11.5 Å². The number of nitrogens with two attached hydrogens (primary N) is 1. The quantitative estimate of drug-likeness (QED) is 0.848. The van der Waals surface area contributed by atoms with Crippen LogP contribution in [-0.4, -0.2) is 34.4 Å². The number of nitrogens with zero attached hydrogens (tertiary/aromatic N) is 2. The van der Waals surface area contributed by atoms with Gasteiger partial charge in [0.1, 0.15) is 5.76 Å². The van der Waals surface area contributed by atoms with Crippen LogP contribution in [0.15, 0.2) is 34.7 Å². The maximum absolute atomic E-state index is 12.8. The minimum Gasteiger partial charge on any atom is -0.441 e. The molecule has 2 heterocycles. The summed E-state index contributed by atoms with van der Waals surface area (Å²) in [5.74, 6) is 1.36. The second-order valence-corrected chi connectivity index (χ2v) is 6.57. The summed E-state index contributed by atoms with van der Waals surface area (Å²) in [6.45, 7) is 4.62. The van der Waals surface area contributed by atoms with Crippen molar-refractivity contribution in [1.29, 1.82) is 0 Å². The molecule has 2 atom stereocenters. The standard InChI is InChI=1S/C19H25N3O2.2ClH/c1-13(20)17-10-6-7-11-22(17)18(23)12-16-14(2)24-19(21-16)15-8-4-3-5-9-15;;/h3-5,8-9,13,17H,6-7,10-12,20H2,1-2H3;2*1H. The molecular formula is C19H27Cl2N3O2. The van der Waals surface area contributed by atoms with E-state index in [1.807, 2.05) is 49.1 Å². The van der Waals surface area contributed by atoms with E-state index in [-0.39, 0.29) is 49.2 Å². The van der Waals surface area contributed by atoms with E-state index in [4.69, 9.17) is 10.2 Å². The summed E-state index contributed by atoms with van der Waals surface area (Å²) in [5, 5.41) is 0. The fraction of sp³-hybridized carbons (Fsp3) is 0.474. The molecule has 1 amide bonds. The van der Waals surface area contributed by atoms with Gasteiger partial charge in [0.05, 0.1) is 12.1 Å². The van der Waals surface area contributed by atoms with Crippen LogP contribution in [0.2, 0.25) is 0 Å². The number of aromatic nitrogens is 1. The second-order valence-electron chi connectivity index (χ2n) is 6.57. The van der Waals surface area contributed by atoms with Crippen LogP contribution in [-0.2, 0) is 11.2 Å². The summed E-state index contributed by atoms with van der Waals surface area (Å²) in [4.78, 5) is 19.2. The SMILES string of the molecule is Cc1oc(-c2ccccc2)nc1CC(=O)N1CCCCC1C(C)N.Cl.Cl. The van der Waals surface area contributed by atoms with E-state index in [0.29, 0.717) is 17.3 Å². The number of halogens is 2. The van der Waals surface area contributed by atoms with Crippen LogP contribution >= 0.6 is 24.8 Å². The highest BCUT2D eigenvalue weighted by atomic mass is 35.5. The van der Waals surface area contributed by atoms with Crippen LogP contribution in [0.1, 0.15) is 37.6 Å². The molecule has 144 valence electrons. The largest absolute Gasteiger partial charge is 0.441 e. The Morgan fingerprint density at radius 2 is 2.00 bits per heavy atom. The number of carbonyl (C=O) groups excluding carboxylic acids is 1. The average Bonchev–Trinajstić information content (AvgIpc) is 2.96. The lowest BCUT2D eigenvalue weighted by molar-refractivity contribution is -0.134. The van der Waals surface area contributed by atoms with Crippen molar-refractivity contribution in [3.63, 3.8) is 0 Å². The highest BCUT2D eigenvalue weighted by Gasteiger charge is 2.30. The summed E-state index contributed by atoms with van der Waals surface area (Å²) in [7, 11) is 0. The minimum absolute atomic E-state index is 0. The van der Waals surface area contributed by atoms with E-state index in [1.165, 1.54) is 0 Å². The monoisotopic (exact) mass is 399 g/mol. The van der Waals surface area contributed by atoms with Gasteiger partial charge in [-0.15, -0.1) is 24.8 Å². The first-order valence-electron chi connectivity index (χ1n) is 8.63. The van der Waals surface area contributed by atoms with Crippen molar-refractivity contribution in [2.75, 3.05) is 6.54 Å². The number of amides is 1. The molecular weight excluding hydrogens is 373 g/mol. The number of piperidine rings is 1. The van der Waals surface area contributed by atoms with Crippen molar-refractivity contribution < 1.29 is 9.21 Å². The van der Waals surface area contributed by atoms with Crippen LogP contribution in [0.4, 0.5) is 0 Å². The summed E-state index contributed by atoms with van der Waals surface area (Å²) in [6, 6.07) is 9.87. The van der Waals surface area contributed by atoms with Gasteiger partial charge in [-0.1, -0.05) is 18.2 Å².